The van der Waals surface area contributed by atoms with Crippen LogP contribution >= 0.6 is 17.0 Å². The number of hydrogen-bond acceptors (Lipinski definition) is 0. The molecule has 0 amide bonds. The molecule has 0 heterocycles. The van der Waals surface area contributed by atoms with E-state index in [0.29, 0.717) is 0 Å². The molecule has 4 aromatic carbocycles. The Labute approximate surface area is 318 Å². The first kappa shape index (κ1) is 38.8. The molecule has 2 aliphatic rings. The van der Waals surface area contributed by atoms with Crippen molar-refractivity contribution in [2.45, 2.75) is 120 Å². The van der Waals surface area contributed by atoms with Gasteiger partial charge in [-0.05, 0) is 0 Å². The van der Waals surface area contributed by atoms with Gasteiger partial charge in [0.25, 0.3) is 0 Å². The van der Waals surface area contributed by atoms with Gasteiger partial charge in [0, 0.05) is 0 Å². The Hall–Kier alpha value is -1.96. The molecule has 2 atom stereocenters. The van der Waals surface area contributed by atoms with Crippen molar-refractivity contribution in [2.24, 2.45) is 0 Å². The van der Waals surface area contributed by atoms with Gasteiger partial charge in [0.1, 0.15) is 0 Å². The summed E-state index contributed by atoms with van der Waals surface area (Å²) >= 11 is -4.95. The SMILES string of the molecule is CCC1=Cc2c(-c3ccc(C(C)(C)C)cc3)ccc(C)c2[CH]1[Zr]([Cl])([Cl])([CH]1C(C)=Cc2c(-c3ccc(C(C)(C)C)cc3)ccc(C)c21)[SiH](CC)CC. The second kappa shape index (κ2) is 13.7. The van der Waals surface area contributed by atoms with E-state index in [4.69, 9.17) is 17.0 Å². The average Bonchev–Trinajstić information content (AvgIpc) is 3.66. The summed E-state index contributed by atoms with van der Waals surface area (Å²) < 4.78 is 0.198. The predicted molar refractivity (Wildman–Crippen MR) is 228 cm³/mol. The van der Waals surface area contributed by atoms with E-state index in [2.05, 4.69) is 168 Å². The summed E-state index contributed by atoms with van der Waals surface area (Å²) in [6.07, 6.45) is 5.95. The predicted octanol–water partition coefficient (Wildman–Crippen LogP) is 15.0. The van der Waals surface area contributed by atoms with Crippen molar-refractivity contribution in [3.63, 3.8) is 0 Å². The molecular formula is C47H59Cl2SiZr. The first-order valence-corrected chi connectivity index (χ1v) is 34.9. The van der Waals surface area contributed by atoms with Gasteiger partial charge in [0.15, 0.2) is 0 Å². The van der Waals surface area contributed by atoms with E-state index in [9.17, 15) is 0 Å². The zero-order valence-electron chi connectivity index (χ0n) is 33.2. The molecule has 6 rings (SSSR count). The summed E-state index contributed by atoms with van der Waals surface area (Å²) in [5.41, 5.74) is 19.1. The monoisotopic (exact) mass is 811 g/mol. The van der Waals surface area contributed by atoms with Crippen molar-refractivity contribution in [1.82, 2.24) is 0 Å². The summed E-state index contributed by atoms with van der Waals surface area (Å²) in [7, 11) is 17.9. The second-order valence-corrected chi connectivity index (χ2v) is 58.5. The topological polar surface area (TPSA) is 0 Å². The fourth-order valence-electron chi connectivity index (χ4n) is 9.72. The number of hydrogen-bond donors (Lipinski definition) is 0. The summed E-state index contributed by atoms with van der Waals surface area (Å²) in [5, 5.41) is 0. The van der Waals surface area contributed by atoms with Crippen molar-refractivity contribution < 1.29 is 15.6 Å². The Morgan fingerprint density at radius 1 is 0.569 bits per heavy atom. The van der Waals surface area contributed by atoms with Gasteiger partial charge in [-0.25, -0.2) is 0 Å². The van der Waals surface area contributed by atoms with Gasteiger partial charge >= 0.3 is 321 Å². The van der Waals surface area contributed by atoms with Crippen LogP contribution < -0.4 is 0 Å². The molecule has 0 saturated heterocycles. The summed E-state index contributed by atoms with van der Waals surface area (Å²) in [5.74, 6) is -1.67. The Balaban J connectivity index is 1.58. The third-order valence-corrected chi connectivity index (χ3v) is 62.5. The molecule has 0 N–H and O–H groups in total. The van der Waals surface area contributed by atoms with Crippen molar-refractivity contribution in [2.75, 3.05) is 0 Å². The standard InChI is InChI=1S/C22H25.C21H23.C4H11Si.2ClH.Zr/c1-6-16-13-20-15(2)7-12-19(21(20)14-16)17-8-10-18(11-9-17)22(3,4)5;1-14-12-19-15(2)6-11-18(20(19)13-14)16-7-9-17(10-8-16)21(3,4)5;1-3-5-4-2;;;/h7-14H,6H2,1-5H3;6-13H,1-5H3;5H,3-4H2,1-2H3;2*1H;/q;;;;;+2/p-2. The molecule has 0 nitrogen and oxygen atoms in total. The summed E-state index contributed by atoms with van der Waals surface area (Å²) in [6, 6.07) is 30.1. The Morgan fingerprint density at radius 2 is 0.980 bits per heavy atom. The second-order valence-electron chi connectivity index (χ2n) is 17.7. The normalized spacial score (nSPS) is 18.3. The van der Waals surface area contributed by atoms with Crippen molar-refractivity contribution in [3.8, 4) is 22.3 Å². The van der Waals surface area contributed by atoms with Crippen LogP contribution in [0.2, 0.25) is 12.1 Å². The zero-order valence-corrected chi connectivity index (χ0v) is 38.3. The van der Waals surface area contributed by atoms with Gasteiger partial charge in [0.2, 0.25) is 0 Å². The molecule has 51 heavy (non-hydrogen) atoms. The Kier molecular flexibility index (Phi) is 10.4. The number of fused-ring (bicyclic) bond motifs is 2. The van der Waals surface area contributed by atoms with Crippen molar-refractivity contribution in [3.05, 3.63) is 128 Å². The van der Waals surface area contributed by atoms with E-state index in [-0.39, 0.29) is 18.1 Å². The third kappa shape index (κ3) is 6.41. The van der Waals surface area contributed by atoms with Gasteiger partial charge in [-0.3, -0.25) is 0 Å². The Bertz CT molecular complexity index is 2030. The van der Waals surface area contributed by atoms with E-state index >= 15 is 0 Å². The van der Waals surface area contributed by atoms with E-state index in [1.54, 1.807) is 0 Å². The minimum absolute atomic E-state index is 0.0927. The molecule has 2 unspecified atom stereocenters. The third-order valence-electron chi connectivity index (χ3n) is 12.5. The van der Waals surface area contributed by atoms with Crippen LogP contribution in [-0.4, -0.2) is 5.92 Å². The minimum atomic E-state index is -4.95. The first-order chi connectivity index (χ1) is 23.9. The molecule has 2 aliphatic carbocycles. The zero-order chi connectivity index (χ0) is 37.3. The number of halogens is 2. The molecule has 0 radical (unpaired) electrons. The van der Waals surface area contributed by atoms with Crippen LogP contribution in [-0.2, 0) is 26.4 Å². The van der Waals surface area contributed by atoms with Crippen LogP contribution in [0.15, 0.2) is 83.9 Å². The number of benzene rings is 4. The first-order valence-electron chi connectivity index (χ1n) is 19.3. The fraction of sp³-hybridized carbons (Fsp3) is 0.404. The fourth-order valence-corrected chi connectivity index (χ4v) is 63.5. The molecule has 0 aromatic heterocycles. The maximum absolute atomic E-state index is 8.94. The molecular weight excluding hydrogens is 755 g/mol. The van der Waals surface area contributed by atoms with Crippen LogP contribution in [0.1, 0.15) is 127 Å². The quantitative estimate of drug-likeness (QED) is 0.156. The van der Waals surface area contributed by atoms with Crippen LogP contribution in [0.25, 0.3) is 34.4 Å². The molecule has 4 aromatic rings. The number of rotatable bonds is 8. The maximum atomic E-state index is 8.94. The molecule has 0 bridgehead atoms. The molecule has 0 spiro atoms. The van der Waals surface area contributed by atoms with Crippen LogP contribution in [0.4, 0.5) is 0 Å². The summed E-state index contributed by atoms with van der Waals surface area (Å²) in [6.45, 7) is 27.7. The van der Waals surface area contributed by atoms with Gasteiger partial charge in [-0.1, -0.05) is 0 Å². The van der Waals surface area contributed by atoms with Gasteiger partial charge in [0.05, 0.1) is 0 Å². The van der Waals surface area contributed by atoms with E-state index in [0.717, 1.165) is 18.5 Å². The molecule has 0 saturated carbocycles. The van der Waals surface area contributed by atoms with E-state index in [1.807, 2.05) is 0 Å². The average molecular weight is 814 g/mol. The van der Waals surface area contributed by atoms with Crippen molar-refractivity contribution in [1.29, 1.82) is 0 Å². The summed E-state index contributed by atoms with van der Waals surface area (Å²) in [4.78, 5) is 0. The van der Waals surface area contributed by atoms with E-state index in [1.165, 1.54) is 77.9 Å². The number of allylic oxidation sites excluding steroid dienone is 2. The van der Waals surface area contributed by atoms with Crippen LogP contribution in [0.5, 0.6) is 0 Å². The van der Waals surface area contributed by atoms with Crippen molar-refractivity contribution >= 4 is 35.1 Å². The van der Waals surface area contributed by atoms with Crippen LogP contribution in [0, 0.1) is 13.8 Å². The van der Waals surface area contributed by atoms with E-state index < -0.39 is 21.5 Å². The van der Waals surface area contributed by atoms with Crippen LogP contribution in [0.3, 0.4) is 0 Å². The van der Waals surface area contributed by atoms with Gasteiger partial charge in [-0.15, -0.1) is 0 Å². The van der Waals surface area contributed by atoms with Gasteiger partial charge in [-0.2, -0.15) is 0 Å². The molecule has 0 fully saturated rings. The molecule has 0 aliphatic heterocycles. The molecule has 4 heteroatoms. The van der Waals surface area contributed by atoms with Gasteiger partial charge < -0.3 is 0 Å². The number of aryl methyl sites for hydroxylation is 2. The Morgan fingerprint density at radius 3 is 1.37 bits per heavy atom. The molecule has 269 valence electrons.